The number of carbonyl (C=O) groups is 1. The molecule has 0 unspecified atom stereocenters. The number of nitrogens with zero attached hydrogens (tertiary/aromatic N) is 5. The molecule has 122 valence electrons. The van der Waals surface area contributed by atoms with Crippen LogP contribution in [0.1, 0.15) is 10.5 Å². The number of piperazine rings is 1. The van der Waals surface area contributed by atoms with E-state index >= 15 is 0 Å². The van der Waals surface area contributed by atoms with Crippen LogP contribution in [0.5, 0.6) is 0 Å². The SMILES string of the molecule is O=C(c1cccc(-n2ccnc2)n1)N1CCN(c2cccs2)CC1. The van der Waals surface area contributed by atoms with E-state index in [4.69, 9.17) is 0 Å². The highest BCUT2D eigenvalue weighted by Crippen LogP contribution is 2.22. The molecule has 1 saturated heterocycles. The molecule has 0 aliphatic carbocycles. The van der Waals surface area contributed by atoms with Gasteiger partial charge in [0.25, 0.3) is 5.91 Å². The third-order valence-corrected chi connectivity index (χ3v) is 5.04. The van der Waals surface area contributed by atoms with Gasteiger partial charge in [0.15, 0.2) is 0 Å². The second kappa shape index (κ2) is 6.45. The van der Waals surface area contributed by atoms with Crippen LogP contribution >= 0.6 is 11.3 Å². The minimum atomic E-state index is -0.0113. The number of pyridine rings is 1. The highest BCUT2D eigenvalue weighted by Gasteiger charge is 2.23. The van der Waals surface area contributed by atoms with Gasteiger partial charge >= 0.3 is 0 Å². The number of aromatic nitrogens is 3. The van der Waals surface area contributed by atoms with Gasteiger partial charge in [-0.15, -0.1) is 11.3 Å². The van der Waals surface area contributed by atoms with Gasteiger partial charge in [0.05, 0.1) is 5.00 Å². The molecule has 1 aliphatic heterocycles. The van der Waals surface area contributed by atoms with Crippen LogP contribution in [0.15, 0.2) is 54.4 Å². The molecule has 24 heavy (non-hydrogen) atoms. The molecule has 4 heterocycles. The van der Waals surface area contributed by atoms with Gasteiger partial charge in [0, 0.05) is 38.6 Å². The van der Waals surface area contributed by atoms with Crippen molar-refractivity contribution >= 4 is 22.2 Å². The molecule has 3 aromatic rings. The number of carbonyl (C=O) groups excluding carboxylic acids is 1. The largest absolute Gasteiger partial charge is 0.360 e. The molecule has 1 fully saturated rings. The van der Waals surface area contributed by atoms with Crippen LogP contribution in [0.2, 0.25) is 0 Å². The van der Waals surface area contributed by atoms with Crippen molar-refractivity contribution in [1.29, 1.82) is 0 Å². The number of imidazole rings is 1. The zero-order chi connectivity index (χ0) is 16.4. The Morgan fingerprint density at radius 3 is 2.67 bits per heavy atom. The van der Waals surface area contributed by atoms with Crippen LogP contribution < -0.4 is 4.90 Å². The molecular formula is C17H17N5OS. The Morgan fingerprint density at radius 2 is 1.96 bits per heavy atom. The highest BCUT2D eigenvalue weighted by atomic mass is 32.1. The Kier molecular flexibility index (Phi) is 4.00. The Balaban J connectivity index is 1.46. The highest BCUT2D eigenvalue weighted by molar-refractivity contribution is 7.14. The maximum absolute atomic E-state index is 12.7. The molecule has 0 radical (unpaired) electrons. The summed E-state index contributed by atoms with van der Waals surface area (Å²) >= 11 is 1.74. The third kappa shape index (κ3) is 2.90. The monoisotopic (exact) mass is 339 g/mol. The summed E-state index contributed by atoms with van der Waals surface area (Å²) in [5, 5.41) is 3.35. The van der Waals surface area contributed by atoms with Crippen LogP contribution in [0.4, 0.5) is 5.00 Å². The number of amides is 1. The van der Waals surface area contributed by atoms with Crippen molar-refractivity contribution in [2.24, 2.45) is 0 Å². The number of hydrogen-bond donors (Lipinski definition) is 0. The lowest BCUT2D eigenvalue weighted by atomic mass is 10.2. The van der Waals surface area contributed by atoms with Gasteiger partial charge in [-0.2, -0.15) is 0 Å². The van der Waals surface area contributed by atoms with Crippen molar-refractivity contribution in [1.82, 2.24) is 19.4 Å². The zero-order valence-corrected chi connectivity index (χ0v) is 13.9. The molecular weight excluding hydrogens is 322 g/mol. The van der Waals surface area contributed by atoms with E-state index in [1.807, 2.05) is 23.2 Å². The number of thiophene rings is 1. The molecule has 0 saturated carbocycles. The first-order chi connectivity index (χ1) is 11.8. The van der Waals surface area contributed by atoms with E-state index in [-0.39, 0.29) is 5.91 Å². The van der Waals surface area contributed by atoms with Gasteiger partial charge in [-0.25, -0.2) is 9.97 Å². The maximum atomic E-state index is 12.7. The van der Waals surface area contributed by atoms with Crippen LogP contribution in [-0.4, -0.2) is 51.5 Å². The second-order valence-electron chi connectivity index (χ2n) is 5.58. The van der Waals surface area contributed by atoms with E-state index in [1.54, 1.807) is 34.5 Å². The summed E-state index contributed by atoms with van der Waals surface area (Å²) in [6.45, 7) is 3.14. The summed E-state index contributed by atoms with van der Waals surface area (Å²) in [6, 6.07) is 9.68. The molecule has 0 spiro atoms. The quantitative estimate of drug-likeness (QED) is 0.735. The van der Waals surface area contributed by atoms with Gasteiger partial charge in [-0.3, -0.25) is 9.36 Å². The van der Waals surface area contributed by atoms with Crippen molar-refractivity contribution in [3.8, 4) is 5.82 Å². The molecule has 0 aromatic carbocycles. The summed E-state index contributed by atoms with van der Waals surface area (Å²) < 4.78 is 1.80. The molecule has 4 rings (SSSR count). The second-order valence-corrected chi connectivity index (χ2v) is 6.51. The molecule has 3 aromatic heterocycles. The Labute approximate surface area is 144 Å². The lowest BCUT2D eigenvalue weighted by molar-refractivity contribution is 0.0741. The van der Waals surface area contributed by atoms with Crippen molar-refractivity contribution in [2.75, 3.05) is 31.1 Å². The lowest BCUT2D eigenvalue weighted by Crippen LogP contribution is -2.48. The van der Waals surface area contributed by atoms with Crippen molar-refractivity contribution < 1.29 is 4.79 Å². The first-order valence-electron chi connectivity index (χ1n) is 7.84. The standard InChI is InChI=1S/C17H17N5OS/c23-17(14-3-1-4-15(19-14)22-7-6-18-13-22)21-10-8-20(9-11-21)16-5-2-12-24-16/h1-7,12-13H,8-11H2. The average molecular weight is 339 g/mol. The first-order valence-corrected chi connectivity index (χ1v) is 8.72. The molecule has 0 atom stereocenters. The number of rotatable bonds is 3. The maximum Gasteiger partial charge on any atom is 0.272 e. The summed E-state index contributed by atoms with van der Waals surface area (Å²) in [4.78, 5) is 25.4. The Hall–Kier alpha value is -2.67. The molecule has 6 nitrogen and oxygen atoms in total. The molecule has 1 aliphatic rings. The molecule has 0 bridgehead atoms. The summed E-state index contributed by atoms with van der Waals surface area (Å²) in [5.74, 6) is 0.693. The van der Waals surface area contributed by atoms with Crippen molar-refractivity contribution in [3.05, 3.63) is 60.1 Å². The fraction of sp³-hybridized carbons (Fsp3) is 0.235. The van der Waals surface area contributed by atoms with E-state index in [0.717, 1.165) is 13.1 Å². The Morgan fingerprint density at radius 1 is 1.08 bits per heavy atom. The van der Waals surface area contributed by atoms with Gasteiger partial charge in [0.2, 0.25) is 0 Å². The van der Waals surface area contributed by atoms with Gasteiger partial charge in [0.1, 0.15) is 17.8 Å². The fourth-order valence-electron chi connectivity index (χ4n) is 2.82. The summed E-state index contributed by atoms with van der Waals surface area (Å²) in [7, 11) is 0. The minimum absolute atomic E-state index is 0.0113. The zero-order valence-electron chi connectivity index (χ0n) is 13.1. The van der Waals surface area contributed by atoms with Crippen molar-refractivity contribution in [3.63, 3.8) is 0 Å². The van der Waals surface area contributed by atoms with E-state index in [1.165, 1.54) is 5.00 Å². The van der Waals surface area contributed by atoms with E-state index in [9.17, 15) is 4.79 Å². The van der Waals surface area contributed by atoms with Gasteiger partial charge < -0.3 is 9.80 Å². The van der Waals surface area contributed by atoms with Crippen LogP contribution in [0, 0.1) is 0 Å². The summed E-state index contributed by atoms with van der Waals surface area (Å²) in [5.41, 5.74) is 0.478. The predicted molar refractivity (Wildman–Crippen MR) is 93.8 cm³/mol. The topological polar surface area (TPSA) is 54.3 Å². The van der Waals surface area contributed by atoms with Crippen molar-refractivity contribution in [2.45, 2.75) is 0 Å². The number of hydrogen-bond acceptors (Lipinski definition) is 5. The Bertz CT molecular complexity index is 807. The van der Waals surface area contributed by atoms with Crippen LogP contribution in [0.3, 0.4) is 0 Å². The normalized spacial score (nSPS) is 14.8. The fourth-order valence-corrected chi connectivity index (χ4v) is 3.61. The third-order valence-electron chi connectivity index (χ3n) is 4.11. The van der Waals surface area contributed by atoms with Gasteiger partial charge in [-0.05, 0) is 29.6 Å². The van der Waals surface area contributed by atoms with Crippen LogP contribution in [0.25, 0.3) is 5.82 Å². The smallest absolute Gasteiger partial charge is 0.272 e. The predicted octanol–water partition coefficient (Wildman–Crippen LogP) is 2.29. The molecule has 7 heteroatoms. The molecule has 1 amide bonds. The minimum Gasteiger partial charge on any atom is -0.360 e. The molecule has 0 N–H and O–H groups in total. The number of anilines is 1. The van der Waals surface area contributed by atoms with E-state index in [2.05, 4.69) is 32.4 Å². The van der Waals surface area contributed by atoms with E-state index < -0.39 is 0 Å². The van der Waals surface area contributed by atoms with E-state index in [0.29, 0.717) is 24.6 Å². The average Bonchev–Trinajstić information content (AvgIpc) is 3.35. The van der Waals surface area contributed by atoms with Crippen LogP contribution in [-0.2, 0) is 0 Å². The van der Waals surface area contributed by atoms with Gasteiger partial charge in [-0.1, -0.05) is 6.07 Å². The summed E-state index contributed by atoms with van der Waals surface area (Å²) in [6.07, 6.45) is 5.19. The first kappa shape index (κ1) is 14.9. The lowest BCUT2D eigenvalue weighted by Gasteiger charge is -2.35.